The van der Waals surface area contributed by atoms with Crippen LogP contribution in [0.1, 0.15) is 25.3 Å². The summed E-state index contributed by atoms with van der Waals surface area (Å²) in [7, 11) is 0. The van der Waals surface area contributed by atoms with Crippen LogP contribution in [0.2, 0.25) is 0 Å². The molecular weight excluding hydrogens is 731 g/mol. The first-order valence-electron chi connectivity index (χ1n) is 20.8. The molecular formula is C55H41N5. The Morgan fingerprint density at radius 1 is 0.400 bits per heavy atom. The molecule has 5 nitrogen and oxygen atoms in total. The summed E-state index contributed by atoms with van der Waals surface area (Å²) in [4.78, 5) is 15.8. The number of nitrogens with zero attached hydrogens (tertiary/aromatic N) is 5. The van der Waals surface area contributed by atoms with Gasteiger partial charge in [0.1, 0.15) is 0 Å². The molecule has 286 valence electrons. The summed E-state index contributed by atoms with van der Waals surface area (Å²) in [6.45, 7) is 2.25. The molecule has 3 aromatic heterocycles. The standard InChI is InChI=1S/C55H41N5/c1-2-3-15-37-26-28-39(29-27-37)40-30-32-44(33-31-40)59-49-25-13-11-23-47(49)51-50(59)35-34-46-45-22-10-12-24-48(45)60(52(46)51)55-57-53(41-18-8-5-9-19-41)56-54(58-55)43-21-14-20-42(36-43)38-16-6-4-7-17-38/h4-14,16-36H,2-3,15H2,1H3. The molecule has 0 spiro atoms. The van der Waals surface area contributed by atoms with Crippen LogP contribution in [0.4, 0.5) is 0 Å². The molecule has 0 saturated heterocycles. The fourth-order valence-corrected chi connectivity index (χ4v) is 8.82. The summed E-state index contributed by atoms with van der Waals surface area (Å²) in [5.74, 6) is 1.81. The van der Waals surface area contributed by atoms with Gasteiger partial charge in [-0.15, -0.1) is 0 Å². The minimum Gasteiger partial charge on any atom is -0.309 e. The van der Waals surface area contributed by atoms with Crippen LogP contribution in [0.3, 0.4) is 0 Å². The molecule has 0 radical (unpaired) electrons. The fourth-order valence-electron chi connectivity index (χ4n) is 8.82. The number of aromatic nitrogens is 5. The smallest absolute Gasteiger partial charge is 0.238 e. The molecule has 11 aromatic rings. The van der Waals surface area contributed by atoms with Gasteiger partial charge in [-0.2, -0.15) is 9.97 Å². The number of fused-ring (bicyclic) bond motifs is 7. The van der Waals surface area contributed by atoms with E-state index in [0.717, 1.165) is 72.6 Å². The minimum atomic E-state index is 0.574. The molecule has 0 aliphatic heterocycles. The van der Waals surface area contributed by atoms with Crippen molar-refractivity contribution in [3.05, 3.63) is 200 Å². The number of para-hydroxylation sites is 2. The molecule has 0 amide bonds. The van der Waals surface area contributed by atoms with Gasteiger partial charge in [-0.05, 0) is 77.1 Å². The van der Waals surface area contributed by atoms with E-state index in [1.54, 1.807) is 0 Å². The predicted molar refractivity (Wildman–Crippen MR) is 249 cm³/mol. The first-order chi connectivity index (χ1) is 29.7. The fraction of sp³-hybridized carbons (Fsp3) is 0.0727. The molecule has 0 aliphatic carbocycles. The lowest BCUT2D eigenvalue weighted by atomic mass is 10.0. The van der Waals surface area contributed by atoms with E-state index in [-0.39, 0.29) is 0 Å². The van der Waals surface area contributed by atoms with E-state index in [9.17, 15) is 0 Å². The molecule has 0 N–H and O–H groups in total. The second kappa shape index (κ2) is 14.9. The maximum absolute atomic E-state index is 5.35. The average Bonchev–Trinajstić information content (AvgIpc) is 3.85. The highest BCUT2D eigenvalue weighted by molar-refractivity contribution is 6.26. The van der Waals surface area contributed by atoms with E-state index >= 15 is 0 Å². The first kappa shape index (κ1) is 35.5. The Labute approximate surface area is 348 Å². The van der Waals surface area contributed by atoms with Crippen LogP contribution in [0, 0.1) is 0 Å². The zero-order valence-electron chi connectivity index (χ0n) is 33.3. The highest BCUT2D eigenvalue weighted by atomic mass is 15.2. The van der Waals surface area contributed by atoms with E-state index in [1.807, 2.05) is 24.3 Å². The first-order valence-corrected chi connectivity index (χ1v) is 20.8. The van der Waals surface area contributed by atoms with Crippen molar-refractivity contribution in [2.75, 3.05) is 0 Å². The SMILES string of the molecule is CCCCc1ccc(-c2ccc(-n3c4ccccc4c4c3ccc3c5ccccc5n(-c5nc(-c6ccccc6)nc(-c6cccc(-c7ccccc7)c6)n5)c34)cc2)cc1. The molecule has 0 aliphatic rings. The minimum absolute atomic E-state index is 0.574. The lowest BCUT2D eigenvalue weighted by molar-refractivity contribution is 0.795. The van der Waals surface area contributed by atoms with Crippen molar-refractivity contribution in [2.24, 2.45) is 0 Å². The number of aryl methyl sites for hydroxylation is 1. The Bertz CT molecular complexity index is 3330. The Kier molecular flexibility index (Phi) is 8.85. The summed E-state index contributed by atoms with van der Waals surface area (Å²) < 4.78 is 4.66. The predicted octanol–water partition coefficient (Wildman–Crippen LogP) is 14.1. The molecule has 0 fully saturated rings. The van der Waals surface area contributed by atoms with Crippen molar-refractivity contribution in [1.82, 2.24) is 24.1 Å². The summed E-state index contributed by atoms with van der Waals surface area (Å²) in [6.07, 6.45) is 3.55. The molecule has 3 heterocycles. The highest BCUT2D eigenvalue weighted by Gasteiger charge is 2.23. The second-order valence-electron chi connectivity index (χ2n) is 15.5. The summed E-state index contributed by atoms with van der Waals surface area (Å²) in [6, 6.07) is 69.1. The molecule has 0 saturated carbocycles. The van der Waals surface area contributed by atoms with Gasteiger partial charge < -0.3 is 4.57 Å². The van der Waals surface area contributed by atoms with Crippen LogP contribution in [0.15, 0.2) is 194 Å². The van der Waals surface area contributed by atoms with Crippen LogP contribution >= 0.6 is 0 Å². The van der Waals surface area contributed by atoms with Crippen molar-refractivity contribution in [3.63, 3.8) is 0 Å². The van der Waals surface area contributed by atoms with Gasteiger partial charge >= 0.3 is 0 Å². The van der Waals surface area contributed by atoms with E-state index < -0.39 is 0 Å². The normalized spacial score (nSPS) is 11.6. The van der Waals surface area contributed by atoms with Crippen molar-refractivity contribution in [2.45, 2.75) is 26.2 Å². The van der Waals surface area contributed by atoms with Crippen LogP contribution in [-0.2, 0) is 6.42 Å². The quantitative estimate of drug-likeness (QED) is 0.147. The van der Waals surface area contributed by atoms with Crippen molar-refractivity contribution in [1.29, 1.82) is 0 Å². The van der Waals surface area contributed by atoms with Crippen molar-refractivity contribution >= 4 is 43.6 Å². The largest absolute Gasteiger partial charge is 0.309 e. The van der Waals surface area contributed by atoms with E-state index in [1.165, 1.54) is 34.9 Å². The molecule has 0 unspecified atom stereocenters. The van der Waals surface area contributed by atoms with Gasteiger partial charge in [-0.25, -0.2) is 4.98 Å². The molecule has 5 heteroatoms. The van der Waals surface area contributed by atoms with Gasteiger partial charge in [-0.3, -0.25) is 4.57 Å². The molecule has 11 rings (SSSR count). The summed E-state index contributed by atoms with van der Waals surface area (Å²) in [5.41, 5.74) is 13.4. The third-order valence-electron chi connectivity index (χ3n) is 11.8. The number of rotatable bonds is 9. The topological polar surface area (TPSA) is 48.5 Å². The zero-order chi connectivity index (χ0) is 40.0. The second-order valence-corrected chi connectivity index (χ2v) is 15.5. The van der Waals surface area contributed by atoms with Gasteiger partial charge in [0.2, 0.25) is 5.95 Å². The van der Waals surface area contributed by atoms with Crippen LogP contribution in [0.5, 0.6) is 0 Å². The Balaban J connectivity index is 1.13. The van der Waals surface area contributed by atoms with E-state index in [4.69, 9.17) is 15.0 Å². The van der Waals surface area contributed by atoms with Gasteiger partial charge in [0.15, 0.2) is 11.6 Å². The number of hydrogen-bond acceptors (Lipinski definition) is 3. The third kappa shape index (κ3) is 6.14. The van der Waals surface area contributed by atoms with Gasteiger partial charge in [0.25, 0.3) is 0 Å². The summed E-state index contributed by atoms with van der Waals surface area (Å²) >= 11 is 0. The monoisotopic (exact) mass is 771 g/mol. The van der Waals surface area contributed by atoms with E-state index in [2.05, 4.69) is 186 Å². The number of unbranched alkanes of at least 4 members (excludes halogenated alkanes) is 1. The molecule has 0 bridgehead atoms. The summed E-state index contributed by atoms with van der Waals surface area (Å²) in [5, 5.41) is 4.61. The maximum Gasteiger partial charge on any atom is 0.238 e. The average molecular weight is 772 g/mol. The lowest BCUT2D eigenvalue weighted by Crippen LogP contribution is -2.06. The van der Waals surface area contributed by atoms with Crippen molar-refractivity contribution in [3.8, 4) is 56.7 Å². The Morgan fingerprint density at radius 3 is 1.68 bits per heavy atom. The molecule has 60 heavy (non-hydrogen) atoms. The van der Waals surface area contributed by atoms with Crippen LogP contribution in [0.25, 0.3) is 100 Å². The third-order valence-corrected chi connectivity index (χ3v) is 11.8. The Morgan fingerprint density at radius 2 is 0.967 bits per heavy atom. The van der Waals surface area contributed by atoms with Gasteiger partial charge in [0.05, 0.1) is 22.1 Å². The Hall–Kier alpha value is -7.63. The zero-order valence-corrected chi connectivity index (χ0v) is 33.3. The molecule has 8 aromatic carbocycles. The highest BCUT2D eigenvalue weighted by Crippen LogP contribution is 2.42. The molecule has 0 atom stereocenters. The van der Waals surface area contributed by atoms with Gasteiger partial charge in [-0.1, -0.05) is 171 Å². The van der Waals surface area contributed by atoms with E-state index in [0.29, 0.717) is 17.6 Å². The number of benzene rings is 8. The van der Waals surface area contributed by atoms with Gasteiger partial charge in [0, 0.05) is 38.4 Å². The van der Waals surface area contributed by atoms with Crippen LogP contribution < -0.4 is 0 Å². The van der Waals surface area contributed by atoms with Crippen LogP contribution in [-0.4, -0.2) is 24.1 Å². The van der Waals surface area contributed by atoms with Crippen molar-refractivity contribution < 1.29 is 0 Å². The number of hydrogen-bond donors (Lipinski definition) is 0. The maximum atomic E-state index is 5.35. The lowest BCUT2D eigenvalue weighted by Gasteiger charge is -2.12.